The van der Waals surface area contributed by atoms with Crippen molar-refractivity contribution in [2.24, 2.45) is 5.92 Å². The number of anilines is 1. The first kappa shape index (κ1) is 28.1. The number of hydrogen-bond donors (Lipinski definition) is 3. The van der Waals surface area contributed by atoms with Crippen molar-refractivity contribution < 1.29 is 18.0 Å². The van der Waals surface area contributed by atoms with Crippen LogP contribution >= 0.6 is 23.2 Å². The zero-order valence-electron chi connectivity index (χ0n) is 20.7. The highest BCUT2D eigenvalue weighted by atomic mass is 35.5. The Labute approximate surface area is 233 Å². The van der Waals surface area contributed by atoms with Crippen molar-refractivity contribution in [2.75, 3.05) is 24.4 Å². The van der Waals surface area contributed by atoms with Crippen molar-refractivity contribution in [3.63, 3.8) is 0 Å². The quantitative estimate of drug-likeness (QED) is 0.218. The molecule has 1 saturated heterocycles. The van der Waals surface area contributed by atoms with E-state index in [1.807, 2.05) is 0 Å². The minimum atomic E-state index is -4.04. The van der Waals surface area contributed by atoms with Crippen LogP contribution in [0, 0.1) is 5.92 Å². The minimum absolute atomic E-state index is 0.0354. The Kier molecular flexibility index (Phi) is 9.44. The van der Waals surface area contributed by atoms with Gasteiger partial charge in [0.15, 0.2) is 5.78 Å². The van der Waals surface area contributed by atoms with Crippen LogP contribution < -0.4 is 15.4 Å². The summed E-state index contributed by atoms with van der Waals surface area (Å²) in [5.74, 6) is 0.00823. The van der Waals surface area contributed by atoms with E-state index in [-0.39, 0.29) is 32.6 Å². The molecule has 1 aliphatic heterocycles. The fourth-order valence-corrected chi connectivity index (χ4v) is 6.02. The molecule has 0 bridgehead atoms. The molecule has 0 aliphatic carbocycles. The van der Waals surface area contributed by atoms with Gasteiger partial charge in [-0.05, 0) is 99.3 Å². The fraction of sp³-hybridized carbons (Fsp3) is 0.286. The maximum atomic E-state index is 13.1. The third kappa shape index (κ3) is 7.14. The topological polar surface area (TPSA) is 104 Å². The molecule has 0 atom stereocenters. The highest BCUT2D eigenvalue weighted by Crippen LogP contribution is 2.28. The number of benzene rings is 3. The first-order chi connectivity index (χ1) is 18.2. The summed E-state index contributed by atoms with van der Waals surface area (Å²) in [6.07, 6.45) is 4.34. The van der Waals surface area contributed by atoms with Crippen LogP contribution in [0.15, 0.2) is 71.6 Å². The summed E-state index contributed by atoms with van der Waals surface area (Å²) in [6.45, 7) is 2.69. The Hall–Kier alpha value is -2.91. The van der Waals surface area contributed by atoms with E-state index in [4.69, 9.17) is 23.2 Å². The molecule has 3 aromatic carbocycles. The lowest BCUT2D eigenvalue weighted by atomic mass is 9.93. The Bertz CT molecular complexity index is 1410. The van der Waals surface area contributed by atoms with Crippen LogP contribution in [0.1, 0.15) is 52.0 Å². The highest BCUT2D eigenvalue weighted by Gasteiger charge is 2.21. The van der Waals surface area contributed by atoms with Crippen molar-refractivity contribution in [1.82, 2.24) is 10.6 Å². The number of para-hydroxylation sites is 1. The second-order valence-electron chi connectivity index (χ2n) is 9.22. The van der Waals surface area contributed by atoms with Gasteiger partial charge in [0.05, 0.1) is 15.6 Å². The number of rotatable bonds is 10. The van der Waals surface area contributed by atoms with Crippen molar-refractivity contribution in [1.29, 1.82) is 0 Å². The maximum Gasteiger partial charge on any atom is 0.261 e. The van der Waals surface area contributed by atoms with E-state index in [1.54, 1.807) is 18.2 Å². The fourth-order valence-electron chi connectivity index (χ4n) is 4.44. The highest BCUT2D eigenvalue weighted by molar-refractivity contribution is 7.92. The number of amides is 1. The molecule has 1 fully saturated rings. The van der Waals surface area contributed by atoms with E-state index < -0.39 is 15.8 Å². The SMILES string of the molecule is O=C(NCCCC1CCNCC1)c1ccc(S(=O)(=O)Nc2ccccc2C(=O)c2ccc(Cl)cc2Cl)cc1. The molecule has 0 saturated carbocycles. The molecule has 0 aromatic heterocycles. The van der Waals surface area contributed by atoms with Crippen LogP contribution in [0.2, 0.25) is 10.0 Å². The molecule has 7 nitrogen and oxygen atoms in total. The summed E-state index contributed by atoms with van der Waals surface area (Å²) in [6, 6.07) is 16.4. The van der Waals surface area contributed by atoms with Gasteiger partial charge >= 0.3 is 0 Å². The standard InChI is InChI=1S/C28H29Cl2N3O4S/c29-21-9-12-23(25(30)18-21)27(34)24-5-1-2-6-26(24)33-38(36,37)22-10-7-20(8-11-22)28(35)32-15-3-4-19-13-16-31-17-14-19/h1-2,5-12,18-19,31,33H,3-4,13-17H2,(H,32,35). The lowest BCUT2D eigenvalue weighted by molar-refractivity contribution is 0.0951. The summed E-state index contributed by atoms with van der Waals surface area (Å²) in [5.41, 5.74) is 0.826. The average molecular weight is 575 g/mol. The van der Waals surface area contributed by atoms with Crippen LogP contribution in [0.3, 0.4) is 0 Å². The predicted molar refractivity (Wildman–Crippen MR) is 151 cm³/mol. The molecule has 3 aromatic rings. The van der Waals surface area contributed by atoms with Gasteiger partial charge in [-0.2, -0.15) is 0 Å². The number of piperidine rings is 1. The number of halogens is 2. The van der Waals surface area contributed by atoms with Crippen molar-refractivity contribution >= 4 is 50.6 Å². The normalized spacial score (nSPS) is 14.2. The van der Waals surface area contributed by atoms with Crippen molar-refractivity contribution in [3.05, 3.63) is 93.5 Å². The summed E-state index contributed by atoms with van der Waals surface area (Å²) in [5, 5.41) is 6.81. The van der Waals surface area contributed by atoms with Gasteiger partial charge in [-0.25, -0.2) is 8.42 Å². The molecule has 10 heteroatoms. The van der Waals surface area contributed by atoms with Gasteiger partial charge in [-0.3, -0.25) is 14.3 Å². The Morgan fingerprint density at radius 1 is 0.921 bits per heavy atom. The van der Waals surface area contributed by atoms with Crippen LogP contribution in [0.25, 0.3) is 0 Å². The number of ketones is 1. The van der Waals surface area contributed by atoms with Gasteiger partial charge in [0.25, 0.3) is 15.9 Å². The number of hydrogen-bond acceptors (Lipinski definition) is 5. The molecule has 1 aliphatic rings. The van der Waals surface area contributed by atoms with Gasteiger partial charge in [0, 0.05) is 28.3 Å². The van der Waals surface area contributed by atoms with Crippen LogP contribution in [0.5, 0.6) is 0 Å². The Morgan fingerprint density at radius 2 is 1.63 bits per heavy atom. The van der Waals surface area contributed by atoms with Crippen LogP contribution in [0.4, 0.5) is 5.69 Å². The van der Waals surface area contributed by atoms with E-state index in [0.717, 1.165) is 25.9 Å². The minimum Gasteiger partial charge on any atom is -0.352 e. The molecule has 0 radical (unpaired) electrons. The number of sulfonamides is 1. The van der Waals surface area contributed by atoms with Gasteiger partial charge in [0.2, 0.25) is 0 Å². The van der Waals surface area contributed by atoms with E-state index >= 15 is 0 Å². The monoisotopic (exact) mass is 573 g/mol. The molecular formula is C28H29Cl2N3O4S. The van der Waals surface area contributed by atoms with E-state index in [0.29, 0.717) is 23.0 Å². The largest absolute Gasteiger partial charge is 0.352 e. The molecule has 0 unspecified atom stereocenters. The number of carbonyl (C=O) groups is 2. The van der Waals surface area contributed by atoms with Crippen molar-refractivity contribution in [2.45, 2.75) is 30.6 Å². The molecule has 1 heterocycles. The zero-order valence-corrected chi connectivity index (χ0v) is 23.0. The van der Waals surface area contributed by atoms with E-state index in [2.05, 4.69) is 15.4 Å². The van der Waals surface area contributed by atoms with Gasteiger partial charge in [-0.15, -0.1) is 0 Å². The second-order valence-corrected chi connectivity index (χ2v) is 11.7. The van der Waals surface area contributed by atoms with Crippen molar-refractivity contribution in [3.8, 4) is 0 Å². The molecule has 0 spiro atoms. The first-order valence-electron chi connectivity index (χ1n) is 12.4. The summed E-state index contributed by atoms with van der Waals surface area (Å²) >= 11 is 12.1. The number of nitrogens with one attached hydrogen (secondary N) is 3. The maximum absolute atomic E-state index is 13.1. The molecule has 1 amide bonds. The van der Waals surface area contributed by atoms with E-state index in [1.165, 1.54) is 61.4 Å². The van der Waals surface area contributed by atoms with Gasteiger partial charge < -0.3 is 10.6 Å². The zero-order chi connectivity index (χ0) is 27.1. The summed E-state index contributed by atoms with van der Waals surface area (Å²) in [7, 11) is -4.04. The smallest absolute Gasteiger partial charge is 0.261 e. The summed E-state index contributed by atoms with van der Waals surface area (Å²) in [4.78, 5) is 25.6. The Morgan fingerprint density at radius 3 is 2.34 bits per heavy atom. The van der Waals surface area contributed by atoms with Gasteiger partial charge in [0.1, 0.15) is 0 Å². The first-order valence-corrected chi connectivity index (χ1v) is 14.7. The second kappa shape index (κ2) is 12.8. The summed E-state index contributed by atoms with van der Waals surface area (Å²) < 4.78 is 28.7. The van der Waals surface area contributed by atoms with Crippen LogP contribution in [-0.2, 0) is 10.0 Å². The average Bonchev–Trinajstić information content (AvgIpc) is 2.91. The molecule has 3 N–H and O–H groups in total. The predicted octanol–water partition coefficient (Wildman–Crippen LogP) is 5.53. The Balaban J connectivity index is 1.40. The number of carbonyl (C=O) groups excluding carboxylic acids is 2. The third-order valence-corrected chi connectivity index (χ3v) is 8.48. The third-order valence-electron chi connectivity index (χ3n) is 6.55. The van der Waals surface area contributed by atoms with E-state index in [9.17, 15) is 18.0 Å². The van der Waals surface area contributed by atoms with Crippen LogP contribution in [-0.4, -0.2) is 39.7 Å². The lowest BCUT2D eigenvalue weighted by Gasteiger charge is -2.22. The van der Waals surface area contributed by atoms with Gasteiger partial charge in [-0.1, -0.05) is 35.3 Å². The lowest BCUT2D eigenvalue weighted by Crippen LogP contribution is -2.29. The molecule has 38 heavy (non-hydrogen) atoms. The molecule has 4 rings (SSSR count). The molecular weight excluding hydrogens is 545 g/mol. The molecule has 200 valence electrons.